The van der Waals surface area contributed by atoms with Gasteiger partial charge in [-0.05, 0) is 30.2 Å². The van der Waals surface area contributed by atoms with Crippen LogP contribution in [-0.2, 0) is 16.1 Å². The number of primary amides is 1. The first kappa shape index (κ1) is 13.3. The van der Waals surface area contributed by atoms with Crippen LogP contribution >= 0.6 is 0 Å². The fraction of sp³-hybridized carbons (Fsp3) is 0.286. The molecule has 0 spiro atoms. The number of carbonyl (C=O) groups excluding carboxylic acids is 4. The maximum absolute atomic E-state index is 12.3. The molecule has 2 aliphatic heterocycles. The predicted octanol–water partition coefficient (Wildman–Crippen LogP) is -0.454. The van der Waals surface area contributed by atoms with Crippen molar-refractivity contribution >= 4 is 23.6 Å². The Morgan fingerprint density at radius 2 is 2.05 bits per heavy atom. The van der Waals surface area contributed by atoms with Gasteiger partial charge in [0.15, 0.2) is 0 Å². The number of rotatable bonds is 2. The SMILES string of the molecule is NC(=O)c1ccc2c(c1)CN(C1CCC(=O)NC1=O)C2=O. The summed E-state index contributed by atoms with van der Waals surface area (Å²) in [5.41, 5.74) is 6.67. The van der Waals surface area contributed by atoms with Crippen molar-refractivity contribution in [3.05, 3.63) is 34.9 Å². The molecule has 1 saturated heterocycles. The van der Waals surface area contributed by atoms with Crippen LogP contribution < -0.4 is 11.1 Å². The summed E-state index contributed by atoms with van der Waals surface area (Å²) in [7, 11) is 0. The number of imide groups is 1. The Bertz CT molecular complexity index is 683. The molecule has 2 heterocycles. The number of nitrogens with zero attached hydrogens (tertiary/aromatic N) is 1. The number of benzene rings is 1. The summed E-state index contributed by atoms with van der Waals surface area (Å²) in [5.74, 6) is -1.61. The first-order valence-corrected chi connectivity index (χ1v) is 6.55. The van der Waals surface area contributed by atoms with Gasteiger partial charge in [0.2, 0.25) is 17.7 Å². The molecule has 3 N–H and O–H groups in total. The molecule has 1 fully saturated rings. The van der Waals surface area contributed by atoms with Gasteiger partial charge in [0.25, 0.3) is 5.91 Å². The van der Waals surface area contributed by atoms with Gasteiger partial charge in [0, 0.05) is 24.1 Å². The van der Waals surface area contributed by atoms with Gasteiger partial charge in [-0.25, -0.2) is 0 Å². The average molecular weight is 287 g/mol. The van der Waals surface area contributed by atoms with Crippen LogP contribution in [0.2, 0.25) is 0 Å². The Morgan fingerprint density at radius 3 is 2.71 bits per heavy atom. The van der Waals surface area contributed by atoms with E-state index >= 15 is 0 Å². The third-order valence-corrected chi connectivity index (χ3v) is 3.81. The fourth-order valence-corrected chi connectivity index (χ4v) is 2.73. The van der Waals surface area contributed by atoms with Crippen LogP contribution in [0.25, 0.3) is 0 Å². The van der Waals surface area contributed by atoms with Gasteiger partial charge < -0.3 is 10.6 Å². The van der Waals surface area contributed by atoms with Crippen molar-refractivity contribution < 1.29 is 19.2 Å². The smallest absolute Gasteiger partial charge is 0.255 e. The van der Waals surface area contributed by atoms with Gasteiger partial charge in [-0.15, -0.1) is 0 Å². The molecule has 0 aromatic heterocycles. The highest BCUT2D eigenvalue weighted by Gasteiger charge is 2.39. The standard InChI is InChI=1S/C14H13N3O4/c15-12(19)7-1-2-9-8(5-7)6-17(14(9)21)10-3-4-11(18)16-13(10)20/h1-2,5,10H,3-4,6H2,(H2,15,19)(H,16,18,20). The molecule has 4 amide bonds. The highest BCUT2D eigenvalue weighted by Crippen LogP contribution is 2.28. The van der Waals surface area contributed by atoms with E-state index in [-0.39, 0.29) is 24.8 Å². The minimum absolute atomic E-state index is 0.211. The summed E-state index contributed by atoms with van der Waals surface area (Å²) < 4.78 is 0. The van der Waals surface area contributed by atoms with E-state index in [1.807, 2.05) is 0 Å². The van der Waals surface area contributed by atoms with E-state index in [2.05, 4.69) is 5.32 Å². The first-order valence-electron chi connectivity index (χ1n) is 6.55. The normalized spacial score (nSPS) is 21.2. The lowest BCUT2D eigenvalue weighted by molar-refractivity contribution is -0.136. The van der Waals surface area contributed by atoms with Gasteiger partial charge in [0.1, 0.15) is 6.04 Å². The van der Waals surface area contributed by atoms with Crippen LogP contribution in [0.4, 0.5) is 0 Å². The lowest BCUT2D eigenvalue weighted by Gasteiger charge is -2.29. The molecule has 1 aromatic rings. The Kier molecular flexibility index (Phi) is 2.97. The van der Waals surface area contributed by atoms with Gasteiger partial charge >= 0.3 is 0 Å². The van der Waals surface area contributed by atoms with Crippen molar-refractivity contribution in [3.63, 3.8) is 0 Å². The van der Waals surface area contributed by atoms with Crippen LogP contribution in [0, 0.1) is 0 Å². The van der Waals surface area contributed by atoms with E-state index in [4.69, 9.17) is 5.73 Å². The lowest BCUT2D eigenvalue weighted by Crippen LogP contribution is -2.52. The number of hydrogen-bond donors (Lipinski definition) is 2. The summed E-state index contributed by atoms with van der Waals surface area (Å²) in [5, 5.41) is 2.24. The number of amides is 4. The van der Waals surface area contributed by atoms with Crippen molar-refractivity contribution in [1.82, 2.24) is 10.2 Å². The molecule has 3 rings (SSSR count). The van der Waals surface area contributed by atoms with Crippen LogP contribution in [-0.4, -0.2) is 34.6 Å². The molecule has 1 aromatic carbocycles. The highest BCUT2D eigenvalue weighted by molar-refractivity contribution is 6.06. The topological polar surface area (TPSA) is 110 Å². The van der Waals surface area contributed by atoms with Gasteiger partial charge in [-0.2, -0.15) is 0 Å². The molecule has 0 radical (unpaired) electrons. The number of nitrogens with one attached hydrogen (secondary N) is 1. The molecule has 7 nitrogen and oxygen atoms in total. The summed E-state index contributed by atoms with van der Waals surface area (Å²) in [6.07, 6.45) is 0.524. The Labute approximate surface area is 120 Å². The third kappa shape index (κ3) is 2.16. The molecule has 2 aliphatic rings. The van der Waals surface area contributed by atoms with Crippen LogP contribution in [0.15, 0.2) is 18.2 Å². The van der Waals surface area contributed by atoms with Crippen molar-refractivity contribution in [3.8, 4) is 0 Å². The van der Waals surface area contributed by atoms with E-state index in [1.54, 1.807) is 12.1 Å². The number of fused-ring (bicyclic) bond motifs is 1. The van der Waals surface area contributed by atoms with Crippen LogP contribution in [0.3, 0.4) is 0 Å². The molecule has 7 heteroatoms. The number of nitrogens with two attached hydrogens (primary N) is 1. The molecule has 0 saturated carbocycles. The second-order valence-electron chi connectivity index (χ2n) is 5.14. The Balaban J connectivity index is 1.88. The second kappa shape index (κ2) is 4.69. The third-order valence-electron chi connectivity index (χ3n) is 3.81. The van der Waals surface area contributed by atoms with Crippen molar-refractivity contribution in [2.75, 3.05) is 0 Å². The predicted molar refractivity (Wildman–Crippen MR) is 71.0 cm³/mol. The molecular formula is C14H13N3O4. The summed E-state index contributed by atoms with van der Waals surface area (Å²) in [6, 6.07) is 3.96. The van der Waals surface area contributed by atoms with E-state index in [0.717, 1.165) is 0 Å². The lowest BCUT2D eigenvalue weighted by atomic mass is 10.0. The van der Waals surface area contributed by atoms with Crippen molar-refractivity contribution in [1.29, 1.82) is 0 Å². The number of piperidine rings is 1. The monoisotopic (exact) mass is 287 g/mol. The molecule has 21 heavy (non-hydrogen) atoms. The maximum atomic E-state index is 12.3. The molecule has 0 aliphatic carbocycles. The van der Waals surface area contributed by atoms with E-state index in [0.29, 0.717) is 23.1 Å². The zero-order valence-electron chi connectivity index (χ0n) is 11.1. The first-order chi connectivity index (χ1) is 9.97. The summed E-state index contributed by atoms with van der Waals surface area (Å²) in [4.78, 5) is 48.0. The largest absolute Gasteiger partial charge is 0.366 e. The van der Waals surface area contributed by atoms with Crippen molar-refractivity contribution in [2.24, 2.45) is 5.73 Å². The summed E-state index contributed by atoms with van der Waals surface area (Å²) >= 11 is 0. The number of carbonyl (C=O) groups is 4. The molecule has 1 atom stereocenters. The Morgan fingerprint density at radius 1 is 1.29 bits per heavy atom. The summed E-state index contributed by atoms with van der Waals surface area (Å²) in [6.45, 7) is 0.238. The molecule has 0 bridgehead atoms. The van der Waals surface area contributed by atoms with Crippen LogP contribution in [0.1, 0.15) is 39.1 Å². The molecular weight excluding hydrogens is 274 g/mol. The highest BCUT2D eigenvalue weighted by atomic mass is 16.2. The van der Waals surface area contributed by atoms with Gasteiger partial charge in [0.05, 0.1) is 0 Å². The average Bonchev–Trinajstić information content (AvgIpc) is 2.75. The minimum atomic E-state index is -0.653. The Hall–Kier alpha value is -2.70. The van der Waals surface area contributed by atoms with E-state index in [1.165, 1.54) is 11.0 Å². The van der Waals surface area contributed by atoms with E-state index in [9.17, 15) is 19.2 Å². The maximum Gasteiger partial charge on any atom is 0.255 e. The minimum Gasteiger partial charge on any atom is -0.366 e. The van der Waals surface area contributed by atoms with Gasteiger partial charge in [-0.1, -0.05) is 0 Å². The molecule has 1 unspecified atom stereocenters. The van der Waals surface area contributed by atoms with E-state index < -0.39 is 17.9 Å². The fourth-order valence-electron chi connectivity index (χ4n) is 2.73. The van der Waals surface area contributed by atoms with Crippen molar-refractivity contribution in [2.45, 2.75) is 25.4 Å². The van der Waals surface area contributed by atoms with Crippen LogP contribution in [0.5, 0.6) is 0 Å². The second-order valence-corrected chi connectivity index (χ2v) is 5.14. The zero-order valence-corrected chi connectivity index (χ0v) is 11.1. The zero-order chi connectivity index (χ0) is 15.1. The number of hydrogen-bond acceptors (Lipinski definition) is 4. The molecule has 108 valence electrons. The van der Waals surface area contributed by atoms with Gasteiger partial charge in [-0.3, -0.25) is 24.5 Å². The quantitative estimate of drug-likeness (QED) is 0.717.